The number of rotatable bonds is 3. The highest BCUT2D eigenvalue weighted by molar-refractivity contribution is 9.10. The summed E-state index contributed by atoms with van der Waals surface area (Å²) in [7, 11) is 0. The van der Waals surface area contributed by atoms with Crippen LogP contribution in [0.5, 0.6) is 0 Å². The molecule has 0 bridgehead atoms. The number of ketones is 1. The Morgan fingerprint density at radius 3 is 2.76 bits per heavy atom. The van der Waals surface area contributed by atoms with Gasteiger partial charge < -0.3 is 0 Å². The van der Waals surface area contributed by atoms with Gasteiger partial charge in [0.2, 0.25) is 0 Å². The van der Waals surface area contributed by atoms with Crippen LogP contribution in [-0.4, -0.2) is 5.78 Å². The summed E-state index contributed by atoms with van der Waals surface area (Å²) >= 11 is 4.64. The summed E-state index contributed by atoms with van der Waals surface area (Å²) < 4.78 is 13.4. The molecule has 1 aromatic heterocycles. The van der Waals surface area contributed by atoms with Crippen molar-refractivity contribution in [3.05, 3.63) is 55.9 Å². The molecule has 0 saturated carbocycles. The molecule has 0 fully saturated rings. The average molecular weight is 313 g/mol. The summed E-state index contributed by atoms with van der Waals surface area (Å²) in [6.45, 7) is 1.92. The molecule has 0 radical (unpaired) electrons. The van der Waals surface area contributed by atoms with Crippen molar-refractivity contribution >= 4 is 33.0 Å². The normalized spacial score (nSPS) is 10.5. The number of benzene rings is 1. The van der Waals surface area contributed by atoms with E-state index in [-0.39, 0.29) is 11.6 Å². The highest BCUT2D eigenvalue weighted by Crippen LogP contribution is 2.20. The average Bonchev–Trinajstić information content (AvgIpc) is 2.70. The molecular weight excluding hydrogens is 303 g/mol. The van der Waals surface area contributed by atoms with Crippen LogP contribution in [0.15, 0.2) is 33.4 Å². The first-order valence-corrected chi connectivity index (χ1v) is 6.81. The number of carbonyl (C=O) groups excluding carboxylic acids is 1. The van der Waals surface area contributed by atoms with Crippen molar-refractivity contribution in [2.24, 2.45) is 0 Å². The Labute approximate surface area is 111 Å². The van der Waals surface area contributed by atoms with Gasteiger partial charge in [0.25, 0.3) is 0 Å². The van der Waals surface area contributed by atoms with Gasteiger partial charge in [0, 0.05) is 17.4 Å². The van der Waals surface area contributed by atoms with Crippen molar-refractivity contribution in [3.8, 4) is 0 Å². The molecule has 0 aliphatic carbocycles. The number of carbonyl (C=O) groups is 1. The first-order chi connectivity index (χ1) is 8.08. The van der Waals surface area contributed by atoms with E-state index in [1.807, 2.05) is 17.7 Å². The van der Waals surface area contributed by atoms with Gasteiger partial charge >= 0.3 is 0 Å². The molecule has 1 nitrogen and oxygen atoms in total. The summed E-state index contributed by atoms with van der Waals surface area (Å²) in [6, 6.07) is 4.65. The van der Waals surface area contributed by atoms with Crippen molar-refractivity contribution in [1.29, 1.82) is 0 Å². The Bertz CT molecular complexity index is 562. The first kappa shape index (κ1) is 12.5. The van der Waals surface area contributed by atoms with Crippen LogP contribution in [0.1, 0.15) is 21.5 Å². The summed E-state index contributed by atoms with van der Waals surface area (Å²) in [6.07, 6.45) is 0.302. The van der Waals surface area contributed by atoms with E-state index in [1.165, 1.54) is 17.4 Å². The zero-order valence-electron chi connectivity index (χ0n) is 9.17. The Kier molecular flexibility index (Phi) is 3.74. The van der Waals surface area contributed by atoms with Gasteiger partial charge in [0.15, 0.2) is 5.78 Å². The predicted octanol–water partition coefficient (Wildman–Crippen LogP) is 4.38. The lowest BCUT2D eigenvalue weighted by Gasteiger charge is -2.02. The highest BCUT2D eigenvalue weighted by atomic mass is 79.9. The lowest BCUT2D eigenvalue weighted by molar-refractivity contribution is 0.0993. The molecule has 0 saturated heterocycles. The standard InChI is InChI=1S/C13H10BrFOS/c1-8-6-17-7-10(8)13(16)5-9-2-3-12(15)11(14)4-9/h2-4,6-7H,5H2,1H3. The van der Waals surface area contributed by atoms with Crippen molar-refractivity contribution in [1.82, 2.24) is 0 Å². The third-order valence-corrected chi connectivity index (χ3v) is 3.97. The van der Waals surface area contributed by atoms with E-state index in [0.29, 0.717) is 10.9 Å². The molecule has 0 aliphatic rings. The molecule has 0 atom stereocenters. The van der Waals surface area contributed by atoms with E-state index < -0.39 is 0 Å². The van der Waals surface area contributed by atoms with Crippen molar-refractivity contribution in [2.75, 3.05) is 0 Å². The van der Waals surface area contributed by atoms with Gasteiger partial charge in [-0.3, -0.25) is 4.79 Å². The van der Waals surface area contributed by atoms with Crippen molar-refractivity contribution in [3.63, 3.8) is 0 Å². The molecule has 0 unspecified atom stereocenters. The van der Waals surface area contributed by atoms with Gasteiger partial charge in [-0.15, -0.1) is 0 Å². The van der Waals surface area contributed by atoms with E-state index in [2.05, 4.69) is 15.9 Å². The maximum absolute atomic E-state index is 13.0. The second kappa shape index (κ2) is 5.10. The van der Waals surface area contributed by atoms with Crippen molar-refractivity contribution < 1.29 is 9.18 Å². The molecule has 1 aromatic carbocycles. The van der Waals surface area contributed by atoms with E-state index in [9.17, 15) is 9.18 Å². The zero-order chi connectivity index (χ0) is 12.4. The van der Waals surface area contributed by atoms with Gasteiger partial charge in [-0.25, -0.2) is 4.39 Å². The molecule has 0 amide bonds. The third-order valence-electron chi connectivity index (χ3n) is 2.50. The number of Topliss-reactive ketones (excluding diaryl/α,β-unsaturated/α-hetero) is 1. The summed E-state index contributed by atoms with van der Waals surface area (Å²) in [5.74, 6) is -0.241. The molecule has 0 spiro atoms. The van der Waals surface area contributed by atoms with Crippen LogP contribution in [0.25, 0.3) is 0 Å². The van der Waals surface area contributed by atoms with E-state index in [0.717, 1.165) is 16.7 Å². The summed E-state index contributed by atoms with van der Waals surface area (Å²) in [5, 5.41) is 3.81. The monoisotopic (exact) mass is 312 g/mol. The first-order valence-electron chi connectivity index (χ1n) is 5.08. The minimum atomic E-state index is -0.312. The topological polar surface area (TPSA) is 17.1 Å². The molecule has 1 heterocycles. The predicted molar refractivity (Wildman–Crippen MR) is 71.2 cm³/mol. The van der Waals surface area contributed by atoms with Gasteiger partial charge in [0.1, 0.15) is 5.82 Å². The number of hydrogen-bond donors (Lipinski definition) is 0. The second-order valence-electron chi connectivity index (χ2n) is 3.82. The lowest BCUT2D eigenvalue weighted by atomic mass is 10.0. The van der Waals surface area contributed by atoms with Crippen LogP contribution in [0.3, 0.4) is 0 Å². The number of hydrogen-bond acceptors (Lipinski definition) is 2. The van der Waals surface area contributed by atoms with Crippen LogP contribution in [0.2, 0.25) is 0 Å². The largest absolute Gasteiger partial charge is 0.294 e. The van der Waals surface area contributed by atoms with Crippen LogP contribution in [-0.2, 0) is 6.42 Å². The molecule has 0 aliphatic heterocycles. The van der Waals surface area contributed by atoms with E-state index in [4.69, 9.17) is 0 Å². The van der Waals surface area contributed by atoms with E-state index >= 15 is 0 Å². The third kappa shape index (κ3) is 2.82. The van der Waals surface area contributed by atoms with Gasteiger partial charge in [-0.2, -0.15) is 11.3 Å². The van der Waals surface area contributed by atoms with Crippen LogP contribution < -0.4 is 0 Å². The Morgan fingerprint density at radius 1 is 1.41 bits per heavy atom. The molecule has 17 heavy (non-hydrogen) atoms. The van der Waals surface area contributed by atoms with Crippen LogP contribution in [0, 0.1) is 12.7 Å². The highest BCUT2D eigenvalue weighted by Gasteiger charge is 2.11. The minimum absolute atomic E-state index is 0.0715. The number of aryl methyl sites for hydroxylation is 1. The maximum atomic E-state index is 13.0. The fourth-order valence-corrected chi connectivity index (χ4v) is 2.86. The molecule has 2 rings (SSSR count). The summed E-state index contributed by atoms with van der Waals surface area (Å²) in [4.78, 5) is 12.0. The molecule has 2 aromatic rings. The van der Waals surface area contributed by atoms with E-state index in [1.54, 1.807) is 12.1 Å². The van der Waals surface area contributed by atoms with Crippen molar-refractivity contribution in [2.45, 2.75) is 13.3 Å². The number of thiophene rings is 1. The molecule has 4 heteroatoms. The second-order valence-corrected chi connectivity index (χ2v) is 5.41. The lowest BCUT2D eigenvalue weighted by Crippen LogP contribution is -2.03. The zero-order valence-corrected chi connectivity index (χ0v) is 11.6. The quantitative estimate of drug-likeness (QED) is 0.768. The Balaban J connectivity index is 2.19. The summed E-state index contributed by atoms with van der Waals surface area (Å²) in [5.41, 5.74) is 2.57. The fraction of sp³-hybridized carbons (Fsp3) is 0.154. The smallest absolute Gasteiger partial charge is 0.168 e. The van der Waals surface area contributed by atoms with Crippen LogP contribution in [0.4, 0.5) is 4.39 Å². The Morgan fingerprint density at radius 2 is 2.18 bits per heavy atom. The maximum Gasteiger partial charge on any atom is 0.168 e. The van der Waals surface area contributed by atoms with Crippen LogP contribution >= 0.6 is 27.3 Å². The van der Waals surface area contributed by atoms with Gasteiger partial charge in [-0.05, 0) is 51.5 Å². The number of halogens is 2. The SMILES string of the molecule is Cc1cscc1C(=O)Cc1ccc(F)c(Br)c1. The molecule has 88 valence electrons. The fourth-order valence-electron chi connectivity index (χ4n) is 1.58. The Hall–Kier alpha value is -1.00. The molecular formula is C13H10BrFOS. The van der Waals surface area contributed by atoms with Gasteiger partial charge in [-0.1, -0.05) is 6.07 Å². The molecule has 0 N–H and O–H groups in total. The van der Waals surface area contributed by atoms with Gasteiger partial charge in [0.05, 0.1) is 4.47 Å². The minimum Gasteiger partial charge on any atom is -0.294 e.